The van der Waals surface area contributed by atoms with Gasteiger partial charge in [0.15, 0.2) is 0 Å². The number of carbonyl (C=O) groups is 1. The quantitative estimate of drug-likeness (QED) is 0.528. The number of ether oxygens (including phenoxy) is 1. The van der Waals surface area contributed by atoms with E-state index in [1.165, 1.54) is 0 Å². The monoisotopic (exact) mass is 159 g/mol. The molecule has 0 aromatic rings. The van der Waals surface area contributed by atoms with Gasteiger partial charge in [-0.05, 0) is 13.0 Å². The van der Waals surface area contributed by atoms with E-state index < -0.39 is 6.10 Å². The van der Waals surface area contributed by atoms with Crippen molar-refractivity contribution < 1.29 is 14.6 Å². The molecule has 11 heavy (non-hydrogen) atoms. The topological polar surface area (TPSA) is 72.5 Å². The third-order valence-corrected chi connectivity index (χ3v) is 1.72. The van der Waals surface area contributed by atoms with Gasteiger partial charge in [-0.2, -0.15) is 0 Å². The van der Waals surface area contributed by atoms with Gasteiger partial charge in [0.1, 0.15) is 6.10 Å². The molecular formula is C7H13NO3. The van der Waals surface area contributed by atoms with Crippen LogP contribution < -0.4 is 5.73 Å². The SMILES string of the molecule is NCC[C@@H]1CC(O)CC(=O)O1. The first kappa shape index (κ1) is 8.49. The molecule has 1 aliphatic heterocycles. The average molecular weight is 159 g/mol. The van der Waals surface area contributed by atoms with Gasteiger partial charge < -0.3 is 15.6 Å². The Labute approximate surface area is 65.3 Å². The average Bonchev–Trinajstić information content (AvgIpc) is 1.85. The van der Waals surface area contributed by atoms with Crippen molar-refractivity contribution >= 4 is 5.97 Å². The molecule has 0 aromatic heterocycles. The number of esters is 1. The largest absolute Gasteiger partial charge is 0.462 e. The Kier molecular flexibility index (Phi) is 2.84. The molecule has 3 N–H and O–H groups in total. The fourth-order valence-corrected chi connectivity index (χ4v) is 1.22. The van der Waals surface area contributed by atoms with Gasteiger partial charge in [-0.15, -0.1) is 0 Å². The first-order chi connectivity index (χ1) is 5.22. The molecule has 1 fully saturated rings. The molecule has 4 heteroatoms. The minimum absolute atomic E-state index is 0.126. The van der Waals surface area contributed by atoms with Crippen molar-refractivity contribution in [1.82, 2.24) is 0 Å². The Morgan fingerprint density at radius 2 is 2.45 bits per heavy atom. The van der Waals surface area contributed by atoms with E-state index in [2.05, 4.69) is 0 Å². The first-order valence-corrected chi connectivity index (χ1v) is 3.80. The lowest BCUT2D eigenvalue weighted by Crippen LogP contribution is -2.33. The number of hydrogen-bond acceptors (Lipinski definition) is 4. The summed E-state index contributed by atoms with van der Waals surface area (Å²) >= 11 is 0. The maximum absolute atomic E-state index is 10.7. The third kappa shape index (κ3) is 2.48. The lowest BCUT2D eigenvalue weighted by Gasteiger charge is -2.25. The van der Waals surface area contributed by atoms with E-state index in [0.717, 1.165) is 0 Å². The van der Waals surface area contributed by atoms with Crippen molar-refractivity contribution in [1.29, 1.82) is 0 Å². The Hall–Kier alpha value is -0.610. The number of rotatable bonds is 2. The van der Waals surface area contributed by atoms with Gasteiger partial charge in [0.05, 0.1) is 12.5 Å². The predicted octanol–water partition coefficient (Wildman–Crippen LogP) is -0.598. The fourth-order valence-electron chi connectivity index (χ4n) is 1.22. The molecule has 1 heterocycles. The second kappa shape index (κ2) is 3.69. The molecule has 2 atom stereocenters. The summed E-state index contributed by atoms with van der Waals surface area (Å²) in [4.78, 5) is 10.7. The van der Waals surface area contributed by atoms with Crippen LogP contribution in [0.3, 0.4) is 0 Å². The number of cyclic esters (lactones) is 1. The van der Waals surface area contributed by atoms with Crippen molar-refractivity contribution in [3.63, 3.8) is 0 Å². The van der Waals surface area contributed by atoms with Crippen LogP contribution >= 0.6 is 0 Å². The molecule has 64 valence electrons. The fraction of sp³-hybridized carbons (Fsp3) is 0.857. The first-order valence-electron chi connectivity index (χ1n) is 3.80. The van der Waals surface area contributed by atoms with E-state index in [1.807, 2.05) is 0 Å². The summed E-state index contributed by atoms with van der Waals surface area (Å²) in [6.45, 7) is 0.491. The standard InChI is InChI=1S/C7H13NO3/c8-2-1-6-3-5(9)4-7(10)11-6/h5-6,9H,1-4,8H2/t5?,6-/m1/s1. The molecule has 1 aliphatic rings. The van der Waals surface area contributed by atoms with Crippen LogP contribution in [0.15, 0.2) is 0 Å². The summed E-state index contributed by atoms with van der Waals surface area (Å²) in [5.41, 5.74) is 5.28. The maximum Gasteiger partial charge on any atom is 0.308 e. The summed E-state index contributed by atoms with van der Waals surface area (Å²) < 4.78 is 4.92. The van der Waals surface area contributed by atoms with Crippen LogP contribution in [0.5, 0.6) is 0 Å². The zero-order valence-electron chi connectivity index (χ0n) is 6.32. The Bertz CT molecular complexity index is 149. The molecule has 0 amide bonds. The molecule has 0 aromatic carbocycles. The van der Waals surface area contributed by atoms with Crippen molar-refractivity contribution in [2.24, 2.45) is 5.73 Å². The maximum atomic E-state index is 10.7. The van der Waals surface area contributed by atoms with Gasteiger partial charge >= 0.3 is 5.97 Å². The smallest absolute Gasteiger partial charge is 0.308 e. The Morgan fingerprint density at radius 1 is 1.73 bits per heavy atom. The van der Waals surface area contributed by atoms with Crippen molar-refractivity contribution in [2.75, 3.05) is 6.54 Å². The summed E-state index contributed by atoms with van der Waals surface area (Å²) in [5, 5.41) is 9.13. The molecule has 1 rings (SSSR count). The summed E-state index contributed by atoms with van der Waals surface area (Å²) in [5.74, 6) is -0.317. The normalized spacial score (nSPS) is 31.6. The van der Waals surface area contributed by atoms with Gasteiger partial charge in [0, 0.05) is 6.42 Å². The highest BCUT2D eigenvalue weighted by atomic mass is 16.5. The van der Waals surface area contributed by atoms with Crippen LogP contribution in [0.25, 0.3) is 0 Å². The number of nitrogens with two attached hydrogens (primary N) is 1. The van der Waals surface area contributed by atoms with E-state index in [-0.39, 0.29) is 18.5 Å². The van der Waals surface area contributed by atoms with Crippen molar-refractivity contribution in [3.8, 4) is 0 Å². The van der Waals surface area contributed by atoms with Crippen LogP contribution in [0.4, 0.5) is 0 Å². The minimum atomic E-state index is -0.534. The number of aliphatic hydroxyl groups is 1. The molecule has 0 bridgehead atoms. The third-order valence-electron chi connectivity index (χ3n) is 1.72. The van der Waals surface area contributed by atoms with Gasteiger partial charge in [-0.3, -0.25) is 4.79 Å². The molecule has 0 radical (unpaired) electrons. The Balaban J connectivity index is 2.36. The van der Waals surface area contributed by atoms with E-state index in [1.54, 1.807) is 0 Å². The molecule has 1 unspecified atom stereocenters. The molecule has 1 saturated heterocycles. The van der Waals surface area contributed by atoms with Crippen LogP contribution in [0.1, 0.15) is 19.3 Å². The van der Waals surface area contributed by atoms with Gasteiger partial charge in [0.25, 0.3) is 0 Å². The molecule has 0 saturated carbocycles. The van der Waals surface area contributed by atoms with Gasteiger partial charge in [0.2, 0.25) is 0 Å². The van der Waals surface area contributed by atoms with Gasteiger partial charge in [-0.25, -0.2) is 0 Å². The summed E-state index contributed by atoms with van der Waals surface area (Å²) in [7, 11) is 0. The van der Waals surface area contributed by atoms with Gasteiger partial charge in [-0.1, -0.05) is 0 Å². The zero-order valence-corrected chi connectivity index (χ0v) is 6.32. The van der Waals surface area contributed by atoms with Crippen molar-refractivity contribution in [2.45, 2.75) is 31.5 Å². The predicted molar refractivity (Wildman–Crippen MR) is 38.8 cm³/mol. The molecule has 0 spiro atoms. The number of hydrogen-bond donors (Lipinski definition) is 2. The molecule has 4 nitrogen and oxygen atoms in total. The number of aliphatic hydroxyl groups excluding tert-OH is 1. The van der Waals surface area contributed by atoms with Crippen LogP contribution in [0, 0.1) is 0 Å². The van der Waals surface area contributed by atoms with Crippen LogP contribution in [-0.4, -0.2) is 29.8 Å². The highest BCUT2D eigenvalue weighted by molar-refractivity contribution is 5.70. The summed E-state index contributed by atoms with van der Waals surface area (Å²) in [6, 6.07) is 0. The Morgan fingerprint density at radius 3 is 3.00 bits per heavy atom. The number of carbonyl (C=O) groups excluding carboxylic acids is 1. The van der Waals surface area contributed by atoms with E-state index >= 15 is 0 Å². The van der Waals surface area contributed by atoms with Crippen LogP contribution in [0.2, 0.25) is 0 Å². The molecular weight excluding hydrogens is 146 g/mol. The van der Waals surface area contributed by atoms with E-state index in [4.69, 9.17) is 15.6 Å². The van der Waals surface area contributed by atoms with Crippen molar-refractivity contribution in [3.05, 3.63) is 0 Å². The van der Waals surface area contributed by atoms with Crippen LogP contribution in [-0.2, 0) is 9.53 Å². The highest BCUT2D eigenvalue weighted by Gasteiger charge is 2.26. The molecule has 0 aliphatic carbocycles. The van der Waals surface area contributed by atoms with E-state index in [9.17, 15) is 4.79 Å². The van der Waals surface area contributed by atoms with E-state index in [0.29, 0.717) is 19.4 Å². The second-order valence-corrected chi connectivity index (χ2v) is 2.78. The second-order valence-electron chi connectivity index (χ2n) is 2.78. The highest BCUT2D eigenvalue weighted by Crippen LogP contribution is 2.16. The lowest BCUT2D eigenvalue weighted by atomic mass is 10.0. The minimum Gasteiger partial charge on any atom is -0.462 e. The summed E-state index contributed by atoms with van der Waals surface area (Å²) in [6.07, 6.45) is 0.594. The zero-order chi connectivity index (χ0) is 8.27. The lowest BCUT2D eigenvalue weighted by molar-refractivity contribution is -0.160.